The minimum atomic E-state index is 0.0741. The standard InChI is InChI=1S/C13H25N5/c1-13(2,18-8-6-5-7-9-18)12(14-3)11-10-15-16-17(11)4/h10,12,14H,5-9H2,1-4H3. The van der Waals surface area contributed by atoms with Gasteiger partial charge in [0.1, 0.15) is 0 Å². The van der Waals surface area contributed by atoms with Crippen LogP contribution >= 0.6 is 0 Å². The number of likely N-dealkylation sites (tertiary alicyclic amines) is 1. The predicted octanol–water partition coefficient (Wildman–Crippen LogP) is 1.34. The molecular weight excluding hydrogens is 226 g/mol. The number of aromatic nitrogens is 3. The number of aryl methyl sites for hydroxylation is 1. The van der Waals surface area contributed by atoms with Crippen LogP contribution < -0.4 is 5.32 Å². The van der Waals surface area contributed by atoms with Gasteiger partial charge in [0, 0.05) is 12.6 Å². The highest BCUT2D eigenvalue weighted by atomic mass is 15.4. The second-order valence-electron chi connectivity index (χ2n) is 5.71. The molecule has 1 aromatic rings. The predicted molar refractivity (Wildman–Crippen MR) is 72.3 cm³/mol. The average molecular weight is 251 g/mol. The van der Waals surface area contributed by atoms with Crippen LogP contribution in [0.5, 0.6) is 0 Å². The molecule has 1 atom stereocenters. The van der Waals surface area contributed by atoms with E-state index in [9.17, 15) is 0 Å². The van der Waals surface area contributed by atoms with E-state index < -0.39 is 0 Å². The fourth-order valence-electron chi connectivity index (χ4n) is 3.07. The van der Waals surface area contributed by atoms with Gasteiger partial charge in [0.05, 0.1) is 17.9 Å². The van der Waals surface area contributed by atoms with Crippen LogP contribution in [0.4, 0.5) is 0 Å². The minimum absolute atomic E-state index is 0.0741. The van der Waals surface area contributed by atoms with Crippen molar-refractivity contribution in [1.29, 1.82) is 0 Å². The summed E-state index contributed by atoms with van der Waals surface area (Å²) >= 11 is 0. The fraction of sp³-hybridized carbons (Fsp3) is 0.846. The first-order valence-electron chi connectivity index (χ1n) is 6.84. The number of hydrogen-bond donors (Lipinski definition) is 1. The van der Waals surface area contributed by atoms with Crippen molar-refractivity contribution in [2.24, 2.45) is 7.05 Å². The Morgan fingerprint density at radius 1 is 1.28 bits per heavy atom. The first-order valence-corrected chi connectivity index (χ1v) is 6.84. The van der Waals surface area contributed by atoms with Gasteiger partial charge in [-0.3, -0.25) is 9.58 Å². The van der Waals surface area contributed by atoms with E-state index in [0.29, 0.717) is 0 Å². The average Bonchev–Trinajstić information content (AvgIpc) is 2.78. The summed E-state index contributed by atoms with van der Waals surface area (Å²) in [6.07, 6.45) is 5.85. The molecule has 1 unspecified atom stereocenters. The summed E-state index contributed by atoms with van der Waals surface area (Å²) in [7, 11) is 3.97. The Balaban J connectivity index is 2.22. The second kappa shape index (κ2) is 5.36. The molecule has 5 nitrogen and oxygen atoms in total. The van der Waals surface area contributed by atoms with E-state index in [-0.39, 0.29) is 11.6 Å². The number of likely N-dealkylation sites (N-methyl/N-ethyl adjacent to an activating group) is 1. The summed E-state index contributed by atoms with van der Waals surface area (Å²) in [6.45, 7) is 7.01. The molecule has 102 valence electrons. The molecule has 1 N–H and O–H groups in total. The molecule has 0 spiro atoms. The molecule has 2 rings (SSSR count). The van der Waals surface area contributed by atoms with Crippen LogP contribution in [0.25, 0.3) is 0 Å². The van der Waals surface area contributed by atoms with Crippen molar-refractivity contribution in [3.63, 3.8) is 0 Å². The van der Waals surface area contributed by atoms with Crippen molar-refractivity contribution in [3.8, 4) is 0 Å². The highest BCUT2D eigenvalue weighted by molar-refractivity contribution is 5.10. The second-order valence-corrected chi connectivity index (χ2v) is 5.71. The zero-order chi connectivity index (χ0) is 13.2. The number of nitrogens with one attached hydrogen (secondary N) is 1. The third-order valence-electron chi connectivity index (χ3n) is 4.21. The quantitative estimate of drug-likeness (QED) is 0.877. The lowest BCUT2D eigenvalue weighted by Crippen LogP contribution is -2.54. The van der Waals surface area contributed by atoms with Crippen LogP contribution in [0, 0.1) is 0 Å². The van der Waals surface area contributed by atoms with E-state index >= 15 is 0 Å². The zero-order valence-electron chi connectivity index (χ0n) is 12.0. The Bertz CT molecular complexity index is 378. The van der Waals surface area contributed by atoms with Crippen LogP contribution in [0.1, 0.15) is 44.8 Å². The first-order chi connectivity index (χ1) is 8.57. The summed E-state index contributed by atoms with van der Waals surface area (Å²) in [4.78, 5) is 2.59. The summed E-state index contributed by atoms with van der Waals surface area (Å²) in [6, 6.07) is 0.246. The molecule has 0 amide bonds. The lowest BCUT2D eigenvalue weighted by Gasteiger charge is -2.45. The van der Waals surface area contributed by atoms with Gasteiger partial charge in [-0.15, -0.1) is 5.10 Å². The van der Waals surface area contributed by atoms with Crippen LogP contribution in [0.15, 0.2) is 6.20 Å². The Kier molecular flexibility index (Phi) is 4.02. The normalized spacial score (nSPS) is 20.0. The molecule has 2 heterocycles. The van der Waals surface area contributed by atoms with Gasteiger partial charge in [-0.05, 0) is 46.8 Å². The third-order valence-corrected chi connectivity index (χ3v) is 4.21. The summed E-state index contributed by atoms with van der Waals surface area (Å²) in [5, 5.41) is 11.5. The molecule has 0 radical (unpaired) electrons. The monoisotopic (exact) mass is 251 g/mol. The topological polar surface area (TPSA) is 46.0 Å². The molecule has 1 fully saturated rings. The van der Waals surface area contributed by atoms with Crippen LogP contribution in [-0.2, 0) is 7.05 Å². The molecule has 1 aliphatic heterocycles. The molecule has 18 heavy (non-hydrogen) atoms. The van der Waals surface area contributed by atoms with E-state index in [4.69, 9.17) is 0 Å². The molecule has 0 aromatic carbocycles. The van der Waals surface area contributed by atoms with E-state index in [0.717, 1.165) is 5.69 Å². The molecule has 0 saturated carbocycles. The molecular formula is C13H25N5. The minimum Gasteiger partial charge on any atom is -0.310 e. The smallest absolute Gasteiger partial charge is 0.0771 e. The lowest BCUT2D eigenvalue weighted by atomic mass is 9.88. The van der Waals surface area contributed by atoms with Crippen molar-refractivity contribution in [2.45, 2.75) is 44.7 Å². The SMILES string of the molecule is CNC(c1cnnn1C)C(C)(C)N1CCCCC1. The largest absolute Gasteiger partial charge is 0.310 e. The molecule has 1 saturated heterocycles. The van der Waals surface area contributed by atoms with Gasteiger partial charge in [-0.2, -0.15) is 0 Å². The van der Waals surface area contributed by atoms with Gasteiger partial charge in [0.2, 0.25) is 0 Å². The Hall–Kier alpha value is -0.940. The first kappa shape index (κ1) is 13.5. The van der Waals surface area contributed by atoms with E-state index in [1.54, 1.807) is 0 Å². The number of rotatable bonds is 4. The maximum absolute atomic E-state index is 4.05. The fourth-order valence-corrected chi connectivity index (χ4v) is 3.07. The van der Waals surface area contributed by atoms with Crippen molar-refractivity contribution in [2.75, 3.05) is 20.1 Å². The van der Waals surface area contributed by atoms with Gasteiger partial charge < -0.3 is 5.32 Å². The van der Waals surface area contributed by atoms with Crippen LogP contribution in [0.3, 0.4) is 0 Å². The maximum atomic E-state index is 4.05. The van der Waals surface area contributed by atoms with E-state index in [1.165, 1.54) is 32.4 Å². The van der Waals surface area contributed by atoms with E-state index in [2.05, 4.69) is 34.4 Å². The van der Waals surface area contributed by atoms with E-state index in [1.807, 2.05) is 25.0 Å². The number of nitrogens with zero attached hydrogens (tertiary/aromatic N) is 4. The van der Waals surface area contributed by atoms with Crippen molar-refractivity contribution >= 4 is 0 Å². The zero-order valence-corrected chi connectivity index (χ0v) is 12.0. The van der Waals surface area contributed by atoms with Gasteiger partial charge in [-0.25, -0.2) is 0 Å². The van der Waals surface area contributed by atoms with Gasteiger partial charge in [0.15, 0.2) is 0 Å². The summed E-state index contributed by atoms with van der Waals surface area (Å²) < 4.78 is 1.87. The van der Waals surface area contributed by atoms with Crippen molar-refractivity contribution in [1.82, 2.24) is 25.2 Å². The molecule has 1 aromatic heterocycles. The number of hydrogen-bond acceptors (Lipinski definition) is 4. The van der Waals surface area contributed by atoms with Crippen LogP contribution in [0.2, 0.25) is 0 Å². The van der Waals surface area contributed by atoms with Crippen molar-refractivity contribution < 1.29 is 0 Å². The Morgan fingerprint density at radius 3 is 2.44 bits per heavy atom. The molecule has 1 aliphatic rings. The Labute approximate surface area is 110 Å². The highest BCUT2D eigenvalue weighted by Gasteiger charge is 2.37. The Morgan fingerprint density at radius 2 is 1.94 bits per heavy atom. The van der Waals surface area contributed by atoms with Gasteiger partial charge in [-0.1, -0.05) is 11.6 Å². The third kappa shape index (κ3) is 2.42. The summed E-state index contributed by atoms with van der Waals surface area (Å²) in [5.74, 6) is 0. The van der Waals surface area contributed by atoms with Gasteiger partial charge >= 0.3 is 0 Å². The van der Waals surface area contributed by atoms with Gasteiger partial charge in [0.25, 0.3) is 0 Å². The lowest BCUT2D eigenvalue weighted by molar-refractivity contribution is 0.0607. The van der Waals surface area contributed by atoms with Crippen molar-refractivity contribution in [3.05, 3.63) is 11.9 Å². The molecule has 0 aliphatic carbocycles. The maximum Gasteiger partial charge on any atom is 0.0771 e. The highest BCUT2D eigenvalue weighted by Crippen LogP contribution is 2.32. The molecule has 0 bridgehead atoms. The summed E-state index contributed by atoms with van der Waals surface area (Å²) in [5.41, 5.74) is 1.22. The number of piperidine rings is 1. The van der Waals surface area contributed by atoms with Crippen LogP contribution in [-0.4, -0.2) is 45.6 Å². The molecule has 5 heteroatoms.